The summed E-state index contributed by atoms with van der Waals surface area (Å²) in [4.78, 5) is 4.16. The van der Waals surface area contributed by atoms with Gasteiger partial charge in [-0.25, -0.2) is 14.1 Å². The van der Waals surface area contributed by atoms with Gasteiger partial charge in [-0.3, -0.25) is 0 Å². The molecule has 0 aliphatic carbocycles. The van der Waals surface area contributed by atoms with E-state index in [0.29, 0.717) is 15.9 Å². The van der Waals surface area contributed by atoms with Crippen molar-refractivity contribution in [2.45, 2.75) is 25.9 Å². The highest BCUT2D eigenvalue weighted by Crippen LogP contribution is 2.23. The first-order valence-corrected chi connectivity index (χ1v) is 6.40. The molecule has 1 heterocycles. The molecule has 0 aliphatic rings. The van der Waals surface area contributed by atoms with Crippen molar-refractivity contribution in [2.75, 3.05) is 0 Å². The van der Waals surface area contributed by atoms with Crippen LogP contribution < -0.4 is 5.73 Å². The fraction of sp³-hybridized carbons (Fsp3) is 0.333. The van der Waals surface area contributed by atoms with Crippen LogP contribution in [-0.2, 0) is 0 Å². The molecule has 0 saturated heterocycles. The maximum Gasteiger partial charge on any atom is 0.148 e. The fourth-order valence-corrected chi connectivity index (χ4v) is 1.98. The number of halogens is 2. The van der Waals surface area contributed by atoms with Gasteiger partial charge < -0.3 is 5.73 Å². The van der Waals surface area contributed by atoms with E-state index in [1.165, 1.54) is 12.4 Å². The van der Waals surface area contributed by atoms with Gasteiger partial charge in [0.25, 0.3) is 0 Å². The van der Waals surface area contributed by atoms with Crippen LogP contribution in [0.1, 0.15) is 37.3 Å². The first-order chi connectivity index (χ1) is 8.50. The molecular formula is C12H14BrFN4. The molecule has 1 atom stereocenters. The van der Waals surface area contributed by atoms with E-state index in [0.717, 1.165) is 0 Å². The first-order valence-electron chi connectivity index (χ1n) is 5.60. The molecule has 96 valence electrons. The zero-order valence-electron chi connectivity index (χ0n) is 10.1. The van der Waals surface area contributed by atoms with E-state index < -0.39 is 6.04 Å². The van der Waals surface area contributed by atoms with Gasteiger partial charge in [-0.2, -0.15) is 5.10 Å². The summed E-state index contributed by atoms with van der Waals surface area (Å²) in [6, 6.07) is 4.50. The Kier molecular flexibility index (Phi) is 3.77. The molecule has 0 aliphatic heterocycles. The average Bonchev–Trinajstić information content (AvgIpc) is 2.81. The van der Waals surface area contributed by atoms with E-state index in [-0.39, 0.29) is 11.9 Å². The Hall–Kier alpha value is -1.27. The molecule has 1 aromatic heterocycles. The molecule has 1 aromatic carbocycles. The van der Waals surface area contributed by atoms with Gasteiger partial charge in [0.1, 0.15) is 18.0 Å². The van der Waals surface area contributed by atoms with Crippen LogP contribution in [0.5, 0.6) is 0 Å². The maximum atomic E-state index is 13.5. The van der Waals surface area contributed by atoms with E-state index >= 15 is 0 Å². The van der Waals surface area contributed by atoms with Gasteiger partial charge in [-0.15, -0.1) is 0 Å². The minimum absolute atomic E-state index is 0.161. The molecule has 2 rings (SSSR count). The van der Waals surface area contributed by atoms with Gasteiger partial charge in [0.2, 0.25) is 0 Å². The van der Waals surface area contributed by atoms with Crippen molar-refractivity contribution in [3.63, 3.8) is 0 Å². The largest absolute Gasteiger partial charge is 0.318 e. The molecule has 0 bridgehead atoms. The zero-order valence-corrected chi connectivity index (χ0v) is 11.7. The summed E-state index contributed by atoms with van der Waals surface area (Å²) in [5.41, 5.74) is 6.78. The third kappa shape index (κ3) is 2.44. The van der Waals surface area contributed by atoms with Crippen molar-refractivity contribution in [3.8, 4) is 0 Å². The van der Waals surface area contributed by atoms with E-state index in [9.17, 15) is 4.39 Å². The number of rotatable bonds is 3. The predicted octanol–water partition coefficient (Wildman–Crippen LogP) is 2.81. The Bertz CT molecular complexity index is 553. The predicted molar refractivity (Wildman–Crippen MR) is 70.5 cm³/mol. The van der Waals surface area contributed by atoms with Crippen LogP contribution in [0.25, 0.3) is 0 Å². The molecular weight excluding hydrogens is 299 g/mol. The molecule has 18 heavy (non-hydrogen) atoms. The molecule has 2 aromatic rings. The maximum absolute atomic E-state index is 13.5. The highest BCUT2D eigenvalue weighted by Gasteiger charge is 2.18. The lowest BCUT2D eigenvalue weighted by molar-refractivity contribution is 0.493. The van der Waals surface area contributed by atoms with Gasteiger partial charge in [-0.05, 0) is 47.5 Å². The summed E-state index contributed by atoms with van der Waals surface area (Å²) < 4.78 is 15.7. The van der Waals surface area contributed by atoms with Crippen LogP contribution in [0.2, 0.25) is 0 Å². The lowest BCUT2D eigenvalue weighted by atomic mass is 10.1. The summed E-state index contributed by atoms with van der Waals surface area (Å²) in [6.07, 6.45) is 1.46. The minimum Gasteiger partial charge on any atom is -0.318 e. The Morgan fingerprint density at radius 3 is 2.72 bits per heavy atom. The van der Waals surface area contributed by atoms with Crippen molar-refractivity contribution in [1.82, 2.24) is 14.8 Å². The number of benzene rings is 1. The molecule has 6 heteroatoms. The Labute approximate surface area is 113 Å². The zero-order chi connectivity index (χ0) is 13.3. The van der Waals surface area contributed by atoms with Crippen molar-refractivity contribution < 1.29 is 4.39 Å². The molecule has 0 radical (unpaired) electrons. The minimum atomic E-state index is -0.488. The highest BCUT2D eigenvalue weighted by molar-refractivity contribution is 9.10. The van der Waals surface area contributed by atoms with Crippen molar-refractivity contribution in [1.29, 1.82) is 0 Å². The molecule has 0 spiro atoms. The number of aromatic nitrogens is 3. The third-order valence-corrected chi connectivity index (χ3v) is 3.31. The summed E-state index contributed by atoms with van der Waals surface area (Å²) in [5.74, 6) is 0.297. The average molecular weight is 313 g/mol. The second-order valence-corrected chi connectivity index (χ2v) is 5.16. The van der Waals surface area contributed by atoms with Gasteiger partial charge in [0, 0.05) is 6.04 Å². The second kappa shape index (κ2) is 5.16. The van der Waals surface area contributed by atoms with Crippen LogP contribution in [0.3, 0.4) is 0 Å². The molecule has 2 N–H and O–H groups in total. The van der Waals surface area contributed by atoms with Gasteiger partial charge >= 0.3 is 0 Å². The molecule has 0 amide bonds. The number of nitrogens with zero attached hydrogens (tertiary/aromatic N) is 3. The highest BCUT2D eigenvalue weighted by atomic mass is 79.9. The van der Waals surface area contributed by atoms with Crippen LogP contribution in [-0.4, -0.2) is 14.8 Å². The Morgan fingerprint density at radius 1 is 1.39 bits per heavy atom. The van der Waals surface area contributed by atoms with Crippen LogP contribution in [0.4, 0.5) is 4.39 Å². The van der Waals surface area contributed by atoms with Crippen molar-refractivity contribution >= 4 is 15.9 Å². The molecule has 0 saturated carbocycles. The van der Waals surface area contributed by atoms with Crippen molar-refractivity contribution in [3.05, 3.63) is 46.2 Å². The summed E-state index contributed by atoms with van der Waals surface area (Å²) in [6.45, 7) is 3.99. The van der Waals surface area contributed by atoms with E-state index in [2.05, 4.69) is 26.0 Å². The Morgan fingerprint density at radius 2 is 2.11 bits per heavy atom. The third-order valence-electron chi connectivity index (χ3n) is 2.67. The Balaban J connectivity index is 2.38. The number of nitrogens with two attached hydrogens (primary N) is 1. The smallest absolute Gasteiger partial charge is 0.148 e. The summed E-state index contributed by atoms with van der Waals surface area (Å²) >= 11 is 3.12. The molecule has 0 fully saturated rings. The summed E-state index contributed by atoms with van der Waals surface area (Å²) in [7, 11) is 0. The normalized spacial score (nSPS) is 13.0. The topological polar surface area (TPSA) is 56.7 Å². The first kappa shape index (κ1) is 13.2. The number of hydrogen-bond donors (Lipinski definition) is 1. The number of hydrogen-bond acceptors (Lipinski definition) is 3. The van der Waals surface area contributed by atoms with Gasteiger partial charge in [-0.1, -0.05) is 6.07 Å². The van der Waals surface area contributed by atoms with Crippen LogP contribution >= 0.6 is 15.9 Å². The van der Waals surface area contributed by atoms with Crippen molar-refractivity contribution in [2.24, 2.45) is 5.73 Å². The van der Waals surface area contributed by atoms with E-state index in [4.69, 9.17) is 5.73 Å². The van der Waals surface area contributed by atoms with Gasteiger partial charge in [0.15, 0.2) is 0 Å². The van der Waals surface area contributed by atoms with Crippen LogP contribution in [0, 0.1) is 5.82 Å². The monoisotopic (exact) mass is 312 g/mol. The fourth-order valence-electron chi connectivity index (χ4n) is 1.73. The second-order valence-electron chi connectivity index (χ2n) is 4.31. The standard InChI is InChI=1S/C12H14BrFN4/c1-7(2)18-12(16-6-17-18)11(15)8-3-4-9(13)10(14)5-8/h3-7,11H,15H2,1-2H3. The lowest BCUT2D eigenvalue weighted by Crippen LogP contribution is -2.20. The SMILES string of the molecule is CC(C)n1ncnc1C(N)c1ccc(Br)c(F)c1. The summed E-state index contributed by atoms with van der Waals surface area (Å²) in [5, 5.41) is 4.12. The van der Waals surface area contributed by atoms with Gasteiger partial charge in [0.05, 0.1) is 10.5 Å². The van der Waals surface area contributed by atoms with E-state index in [1.807, 2.05) is 13.8 Å². The molecule has 1 unspecified atom stereocenters. The van der Waals surface area contributed by atoms with Crippen LogP contribution in [0.15, 0.2) is 29.0 Å². The molecule has 4 nitrogen and oxygen atoms in total. The quantitative estimate of drug-likeness (QED) is 0.948. The van der Waals surface area contributed by atoms with E-state index in [1.54, 1.807) is 16.8 Å². The lowest BCUT2D eigenvalue weighted by Gasteiger charge is -2.15.